The molecule has 0 bridgehead atoms. The number of ether oxygens (including phenoxy) is 2. The third-order valence-electron chi connectivity index (χ3n) is 3.49. The molecule has 3 aromatic rings. The lowest BCUT2D eigenvalue weighted by molar-refractivity contribution is 0.0599. The molecule has 0 saturated carbocycles. The molecule has 1 heterocycles. The molecule has 0 aliphatic rings. The molecule has 0 saturated heterocycles. The van der Waals surface area contributed by atoms with Gasteiger partial charge in [0.05, 0.1) is 19.7 Å². The number of rotatable bonds is 3. The first-order valence-corrected chi connectivity index (χ1v) is 6.86. The Morgan fingerprint density at radius 3 is 2.32 bits per heavy atom. The number of aromatic nitrogens is 1. The summed E-state index contributed by atoms with van der Waals surface area (Å²) in [6, 6.07) is 17.1. The highest BCUT2D eigenvalue weighted by atomic mass is 16.5. The molecule has 0 N–H and O–H groups in total. The van der Waals surface area contributed by atoms with Crippen LogP contribution in [0, 0.1) is 0 Å². The zero-order valence-electron chi connectivity index (χ0n) is 12.4. The quantitative estimate of drug-likeness (QED) is 0.691. The van der Waals surface area contributed by atoms with E-state index in [1.165, 1.54) is 14.2 Å². The summed E-state index contributed by atoms with van der Waals surface area (Å²) in [5, 5.41) is 0.714. The van der Waals surface area contributed by atoms with E-state index in [4.69, 9.17) is 9.47 Å². The Morgan fingerprint density at radius 2 is 1.64 bits per heavy atom. The summed E-state index contributed by atoms with van der Waals surface area (Å²) in [7, 11) is 2.89. The number of esters is 1. The van der Waals surface area contributed by atoms with Gasteiger partial charge in [-0.05, 0) is 6.07 Å². The molecule has 0 aliphatic heterocycles. The Hall–Kier alpha value is -2.88. The topological polar surface area (TPSA) is 48.4 Å². The Bertz CT molecular complexity index is 828. The fourth-order valence-electron chi connectivity index (χ4n) is 2.49. The molecule has 2 aromatic carbocycles. The minimum absolute atomic E-state index is 0.398. The zero-order valence-corrected chi connectivity index (χ0v) is 12.4. The largest absolute Gasteiger partial charge is 0.494 e. The van der Waals surface area contributed by atoms with Crippen LogP contribution in [0.2, 0.25) is 0 Å². The molecule has 4 nitrogen and oxygen atoms in total. The predicted octanol–water partition coefficient (Wildman–Crippen LogP) is 3.70. The summed E-state index contributed by atoms with van der Waals surface area (Å²) in [5.74, 6) is -0.00983. The van der Waals surface area contributed by atoms with Crippen LogP contribution in [0.4, 0.5) is 0 Å². The average Bonchev–Trinajstić information content (AvgIpc) is 2.60. The first-order valence-electron chi connectivity index (χ1n) is 6.86. The van der Waals surface area contributed by atoms with Gasteiger partial charge in [0.1, 0.15) is 11.3 Å². The number of pyridine rings is 1. The Kier molecular flexibility index (Phi) is 3.74. The van der Waals surface area contributed by atoms with Crippen molar-refractivity contribution in [3.8, 4) is 17.0 Å². The summed E-state index contributed by atoms with van der Waals surface area (Å²) < 4.78 is 10.4. The number of carbonyl (C=O) groups is 1. The molecule has 0 aliphatic carbocycles. The van der Waals surface area contributed by atoms with Crippen molar-refractivity contribution in [1.82, 2.24) is 4.98 Å². The lowest BCUT2D eigenvalue weighted by Gasteiger charge is -2.14. The van der Waals surface area contributed by atoms with E-state index in [1.807, 2.05) is 54.6 Å². The van der Waals surface area contributed by atoms with Gasteiger partial charge in [0.15, 0.2) is 5.75 Å². The van der Waals surface area contributed by atoms with Crippen molar-refractivity contribution in [2.24, 2.45) is 0 Å². The van der Waals surface area contributed by atoms with Crippen molar-refractivity contribution in [3.05, 3.63) is 60.2 Å². The van der Waals surface area contributed by atoms with Crippen LogP contribution < -0.4 is 4.74 Å². The van der Waals surface area contributed by atoms with Crippen LogP contribution in [0.5, 0.6) is 5.75 Å². The molecule has 0 fully saturated rings. The van der Waals surface area contributed by atoms with Crippen LogP contribution >= 0.6 is 0 Å². The number of carbonyl (C=O) groups excluding carboxylic acids is 1. The van der Waals surface area contributed by atoms with Crippen molar-refractivity contribution in [3.63, 3.8) is 0 Å². The van der Waals surface area contributed by atoms with Crippen LogP contribution in [0.15, 0.2) is 54.6 Å². The summed E-state index contributed by atoms with van der Waals surface area (Å²) >= 11 is 0. The molecule has 0 atom stereocenters. The summed E-state index contributed by atoms with van der Waals surface area (Å²) in [6.45, 7) is 0. The van der Waals surface area contributed by atoms with Gasteiger partial charge in [0, 0.05) is 10.9 Å². The maximum atomic E-state index is 12.3. The number of methoxy groups -OCH3 is 2. The lowest BCUT2D eigenvalue weighted by Crippen LogP contribution is -2.07. The van der Waals surface area contributed by atoms with Crippen LogP contribution in [0.25, 0.3) is 22.2 Å². The number of benzene rings is 2. The SMILES string of the molecule is COC(=O)c1c(OC)c(-c2ccccc2)nc2ccccc12. The fourth-order valence-corrected chi connectivity index (χ4v) is 2.49. The van der Waals surface area contributed by atoms with Crippen molar-refractivity contribution in [1.29, 1.82) is 0 Å². The monoisotopic (exact) mass is 293 g/mol. The minimum Gasteiger partial charge on any atom is -0.494 e. The minimum atomic E-state index is -0.437. The zero-order chi connectivity index (χ0) is 15.5. The Morgan fingerprint density at radius 1 is 0.955 bits per heavy atom. The second-order valence-corrected chi connectivity index (χ2v) is 4.74. The third-order valence-corrected chi connectivity index (χ3v) is 3.49. The molecule has 0 radical (unpaired) electrons. The van der Waals surface area contributed by atoms with E-state index in [0.29, 0.717) is 22.4 Å². The highest BCUT2D eigenvalue weighted by Crippen LogP contribution is 2.36. The van der Waals surface area contributed by atoms with Crippen LogP contribution in [-0.4, -0.2) is 25.2 Å². The molecule has 3 rings (SSSR count). The molecular weight excluding hydrogens is 278 g/mol. The normalized spacial score (nSPS) is 10.5. The third kappa shape index (κ3) is 2.29. The van der Waals surface area contributed by atoms with Crippen molar-refractivity contribution >= 4 is 16.9 Å². The summed E-state index contributed by atoms with van der Waals surface area (Å²) in [6.07, 6.45) is 0. The fraction of sp³-hybridized carbons (Fsp3) is 0.111. The molecule has 0 spiro atoms. The van der Waals surface area contributed by atoms with Gasteiger partial charge in [0.25, 0.3) is 0 Å². The summed E-state index contributed by atoms with van der Waals surface area (Å²) in [5.41, 5.74) is 2.63. The maximum Gasteiger partial charge on any atom is 0.342 e. The number of hydrogen-bond acceptors (Lipinski definition) is 4. The standard InChI is InChI=1S/C18H15NO3/c1-21-17-15(18(20)22-2)13-10-6-7-11-14(13)19-16(17)12-8-4-3-5-9-12/h3-11H,1-2H3. The smallest absolute Gasteiger partial charge is 0.342 e. The van der Waals surface area contributed by atoms with E-state index in [-0.39, 0.29) is 0 Å². The number of hydrogen-bond donors (Lipinski definition) is 0. The van der Waals surface area contributed by atoms with Gasteiger partial charge >= 0.3 is 5.97 Å². The first kappa shape index (κ1) is 14.1. The number of fused-ring (bicyclic) bond motifs is 1. The predicted molar refractivity (Wildman–Crippen MR) is 85.1 cm³/mol. The summed E-state index contributed by atoms with van der Waals surface area (Å²) in [4.78, 5) is 16.9. The van der Waals surface area contributed by atoms with E-state index >= 15 is 0 Å². The maximum absolute atomic E-state index is 12.3. The van der Waals surface area contributed by atoms with Crippen molar-refractivity contribution < 1.29 is 14.3 Å². The highest BCUT2D eigenvalue weighted by Gasteiger charge is 2.22. The molecule has 4 heteroatoms. The molecule has 1 aromatic heterocycles. The van der Waals surface area contributed by atoms with Crippen LogP contribution in [0.1, 0.15) is 10.4 Å². The van der Waals surface area contributed by atoms with Gasteiger partial charge in [-0.3, -0.25) is 0 Å². The number of para-hydroxylation sites is 1. The van der Waals surface area contributed by atoms with Crippen LogP contribution in [0.3, 0.4) is 0 Å². The van der Waals surface area contributed by atoms with E-state index in [1.54, 1.807) is 0 Å². The molecule has 22 heavy (non-hydrogen) atoms. The molecule has 0 amide bonds. The van der Waals surface area contributed by atoms with Gasteiger partial charge in [-0.25, -0.2) is 9.78 Å². The Labute approximate surface area is 128 Å². The Balaban J connectivity index is 2.41. The van der Waals surface area contributed by atoms with Gasteiger partial charge in [-0.1, -0.05) is 48.5 Å². The number of nitrogens with zero attached hydrogens (tertiary/aromatic N) is 1. The van der Waals surface area contributed by atoms with E-state index in [9.17, 15) is 4.79 Å². The van der Waals surface area contributed by atoms with Crippen LogP contribution in [-0.2, 0) is 4.74 Å². The molecule has 110 valence electrons. The van der Waals surface area contributed by atoms with Gasteiger partial charge in [-0.15, -0.1) is 0 Å². The molecule has 0 unspecified atom stereocenters. The highest BCUT2D eigenvalue weighted by molar-refractivity contribution is 6.08. The van der Waals surface area contributed by atoms with Crippen molar-refractivity contribution in [2.45, 2.75) is 0 Å². The van der Waals surface area contributed by atoms with Crippen molar-refractivity contribution in [2.75, 3.05) is 14.2 Å². The van der Waals surface area contributed by atoms with Gasteiger partial charge in [0.2, 0.25) is 0 Å². The van der Waals surface area contributed by atoms with Gasteiger partial charge in [-0.2, -0.15) is 0 Å². The second kappa shape index (κ2) is 5.85. The average molecular weight is 293 g/mol. The first-order chi connectivity index (χ1) is 10.8. The van der Waals surface area contributed by atoms with Gasteiger partial charge < -0.3 is 9.47 Å². The second-order valence-electron chi connectivity index (χ2n) is 4.74. The van der Waals surface area contributed by atoms with E-state index < -0.39 is 5.97 Å². The van der Waals surface area contributed by atoms with E-state index in [0.717, 1.165) is 11.1 Å². The molecular formula is C18H15NO3. The van der Waals surface area contributed by atoms with E-state index in [2.05, 4.69) is 4.98 Å². The lowest BCUT2D eigenvalue weighted by atomic mass is 10.0.